The number of rotatable bonds is 4. The molecule has 6 nitrogen and oxygen atoms in total. The van der Waals surface area contributed by atoms with E-state index in [1.807, 2.05) is 17.7 Å². The van der Waals surface area contributed by atoms with Crippen LogP contribution >= 0.6 is 0 Å². The van der Waals surface area contributed by atoms with Gasteiger partial charge in [-0.15, -0.1) is 0 Å². The Morgan fingerprint density at radius 2 is 2.00 bits per heavy atom. The van der Waals surface area contributed by atoms with Crippen molar-refractivity contribution in [2.75, 3.05) is 32.8 Å². The van der Waals surface area contributed by atoms with Gasteiger partial charge in [-0.1, -0.05) is 0 Å². The lowest BCUT2D eigenvalue weighted by molar-refractivity contribution is -0.135. The summed E-state index contributed by atoms with van der Waals surface area (Å²) in [4.78, 5) is 17.7. The summed E-state index contributed by atoms with van der Waals surface area (Å²) in [5.41, 5.74) is 1.12. The van der Waals surface area contributed by atoms with E-state index >= 15 is 0 Å². The number of amides is 1. The number of hydrogen-bond acceptors (Lipinski definition) is 4. The summed E-state index contributed by atoms with van der Waals surface area (Å²) in [6.07, 6.45) is 7.09. The average molecular weight is 346 g/mol. The molecule has 1 aromatic rings. The number of carbonyl (C=O) groups excluding carboxylic acids is 1. The largest absolute Gasteiger partial charge is 0.381 e. The van der Waals surface area contributed by atoms with E-state index in [0.29, 0.717) is 36.9 Å². The third-order valence-corrected chi connectivity index (χ3v) is 6.24. The van der Waals surface area contributed by atoms with Crippen molar-refractivity contribution >= 4 is 5.91 Å². The molecule has 4 saturated heterocycles. The monoisotopic (exact) mass is 346 g/mol. The molecule has 0 radical (unpaired) electrons. The summed E-state index contributed by atoms with van der Waals surface area (Å²) >= 11 is 0. The van der Waals surface area contributed by atoms with Crippen LogP contribution in [0.1, 0.15) is 37.8 Å². The number of aromatic nitrogens is 2. The Hall–Kier alpha value is -1.40. The minimum atomic E-state index is 0.304. The fourth-order valence-electron chi connectivity index (χ4n) is 4.75. The molecule has 1 amide bonds. The van der Waals surface area contributed by atoms with Gasteiger partial charge in [0.1, 0.15) is 0 Å². The Labute approximate surface area is 150 Å². The van der Waals surface area contributed by atoms with Gasteiger partial charge in [-0.05, 0) is 44.6 Å². The molecule has 1 aromatic heterocycles. The van der Waals surface area contributed by atoms with E-state index < -0.39 is 0 Å². The maximum absolute atomic E-state index is 12.9. The Morgan fingerprint density at radius 1 is 1.16 bits per heavy atom. The van der Waals surface area contributed by atoms with Gasteiger partial charge in [-0.3, -0.25) is 14.4 Å². The highest BCUT2D eigenvalue weighted by molar-refractivity contribution is 5.76. The third kappa shape index (κ3) is 3.75. The Bertz CT molecular complexity index is 596. The Kier molecular flexibility index (Phi) is 5.08. The van der Waals surface area contributed by atoms with Gasteiger partial charge in [0, 0.05) is 69.8 Å². The lowest BCUT2D eigenvalue weighted by Gasteiger charge is -2.37. The van der Waals surface area contributed by atoms with Gasteiger partial charge in [0.05, 0.1) is 0 Å². The summed E-state index contributed by atoms with van der Waals surface area (Å²) in [6.45, 7) is 7.66. The molecular formula is C19H30N4O2. The first-order chi connectivity index (χ1) is 12.2. The van der Waals surface area contributed by atoms with Crippen LogP contribution in [0.5, 0.6) is 0 Å². The molecule has 0 unspecified atom stereocenters. The second-order valence-corrected chi connectivity index (χ2v) is 7.89. The maximum atomic E-state index is 12.9. The molecule has 0 saturated carbocycles. The van der Waals surface area contributed by atoms with Crippen LogP contribution < -0.4 is 0 Å². The zero-order valence-electron chi connectivity index (χ0n) is 15.3. The summed E-state index contributed by atoms with van der Waals surface area (Å²) in [5.74, 6) is 0.940. The highest BCUT2D eigenvalue weighted by atomic mass is 16.5. The number of nitrogens with zero attached hydrogens (tertiary/aromatic N) is 4. The summed E-state index contributed by atoms with van der Waals surface area (Å²) in [6, 6.07) is 3.04. The lowest BCUT2D eigenvalue weighted by Crippen LogP contribution is -2.48. The third-order valence-electron chi connectivity index (χ3n) is 6.24. The summed E-state index contributed by atoms with van der Waals surface area (Å²) in [5, 5.41) is 4.30. The number of aryl methyl sites for hydroxylation is 2. The zero-order chi connectivity index (χ0) is 17.2. The fourth-order valence-corrected chi connectivity index (χ4v) is 4.75. The topological polar surface area (TPSA) is 50.6 Å². The van der Waals surface area contributed by atoms with Crippen molar-refractivity contribution < 1.29 is 9.53 Å². The molecule has 25 heavy (non-hydrogen) atoms. The van der Waals surface area contributed by atoms with Gasteiger partial charge < -0.3 is 9.64 Å². The fraction of sp³-hybridized carbons (Fsp3) is 0.789. The molecule has 0 spiro atoms. The van der Waals surface area contributed by atoms with Crippen LogP contribution in [0.15, 0.2) is 12.3 Å². The SMILES string of the molecule is Cc1ccnn1CCC(=O)N1C[C@@H]2CC[C@H]1CN(C1CCOCC1)C2. The quantitative estimate of drug-likeness (QED) is 0.832. The van der Waals surface area contributed by atoms with E-state index in [1.165, 1.54) is 6.42 Å². The van der Waals surface area contributed by atoms with Gasteiger partial charge in [-0.25, -0.2) is 0 Å². The van der Waals surface area contributed by atoms with Crippen molar-refractivity contribution in [3.8, 4) is 0 Å². The zero-order valence-corrected chi connectivity index (χ0v) is 15.3. The van der Waals surface area contributed by atoms with Crippen LogP contribution in [0.4, 0.5) is 0 Å². The minimum Gasteiger partial charge on any atom is -0.381 e. The molecule has 2 bridgehead atoms. The molecule has 5 rings (SSSR count). The number of piperidine rings is 1. The predicted molar refractivity (Wildman–Crippen MR) is 95.2 cm³/mol. The second kappa shape index (κ2) is 7.46. The van der Waals surface area contributed by atoms with Crippen molar-refractivity contribution in [1.29, 1.82) is 0 Å². The molecule has 5 heterocycles. The van der Waals surface area contributed by atoms with Gasteiger partial charge >= 0.3 is 0 Å². The maximum Gasteiger partial charge on any atom is 0.224 e. The van der Waals surface area contributed by atoms with E-state index in [1.54, 1.807) is 6.20 Å². The van der Waals surface area contributed by atoms with Crippen LogP contribution in [-0.2, 0) is 16.1 Å². The Balaban J connectivity index is 1.38. The van der Waals surface area contributed by atoms with Crippen molar-refractivity contribution in [3.63, 3.8) is 0 Å². The first-order valence-corrected chi connectivity index (χ1v) is 9.80. The van der Waals surface area contributed by atoms with Gasteiger partial charge in [-0.2, -0.15) is 5.10 Å². The van der Waals surface area contributed by atoms with Gasteiger partial charge in [0.2, 0.25) is 5.91 Å². The predicted octanol–water partition coefficient (Wildman–Crippen LogP) is 1.68. The highest BCUT2D eigenvalue weighted by Gasteiger charge is 2.39. The summed E-state index contributed by atoms with van der Waals surface area (Å²) in [7, 11) is 0. The van der Waals surface area contributed by atoms with E-state index in [0.717, 1.165) is 57.8 Å². The molecule has 4 aliphatic rings. The van der Waals surface area contributed by atoms with Crippen LogP contribution in [0.2, 0.25) is 0 Å². The number of fused-ring (bicyclic) bond motifs is 4. The van der Waals surface area contributed by atoms with Gasteiger partial charge in [0.15, 0.2) is 0 Å². The molecule has 138 valence electrons. The first kappa shape index (κ1) is 17.0. The molecule has 0 aromatic carbocycles. The number of carbonyl (C=O) groups is 1. The molecular weight excluding hydrogens is 316 g/mol. The molecule has 4 aliphatic heterocycles. The van der Waals surface area contributed by atoms with Gasteiger partial charge in [0.25, 0.3) is 0 Å². The number of ether oxygens (including phenoxy) is 1. The van der Waals surface area contributed by atoms with Crippen LogP contribution in [0, 0.1) is 12.8 Å². The molecule has 0 N–H and O–H groups in total. The van der Waals surface area contributed by atoms with Crippen LogP contribution in [0.3, 0.4) is 0 Å². The van der Waals surface area contributed by atoms with Crippen molar-refractivity contribution in [3.05, 3.63) is 18.0 Å². The molecule has 2 atom stereocenters. The summed E-state index contributed by atoms with van der Waals surface area (Å²) < 4.78 is 7.46. The molecule has 6 heteroatoms. The smallest absolute Gasteiger partial charge is 0.224 e. The molecule has 0 aliphatic carbocycles. The van der Waals surface area contributed by atoms with Crippen LogP contribution in [0.25, 0.3) is 0 Å². The van der Waals surface area contributed by atoms with Crippen molar-refractivity contribution in [2.24, 2.45) is 5.92 Å². The van der Waals surface area contributed by atoms with Crippen LogP contribution in [-0.4, -0.2) is 70.4 Å². The van der Waals surface area contributed by atoms with Crippen molar-refractivity contribution in [1.82, 2.24) is 19.6 Å². The normalized spacial score (nSPS) is 28.3. The molecule has 4 fully saturated rings. The standard InChI is InChI=1S/C19H30N4O2/c1-15-4-8-20-23(15)9-5-19(24)22-13-16-2-3-18(22)14-21(12-16)17-6-10-25-11-7-17/h4,8,16-18H,2-3,5-7,9-14H2,1H3/t16-,18+/m1/s1. The second-order valence-electron chi connectivity index (χ2n) is 7.89. The van der Waals surface area contributed by atoms with Crippen molar-refractivity contribution in [2.45, 2.75) is 57.7 Å². The Morgan fingerprint density at radius 3 is 2.76 bits per heavy atom. The van der Waals surface area contributed by atoms with E-state index in [2.05, 4.69) is 14.9 Å². The highest BCUT2D eigenvalue weighted by Crippen LogP contribution is 2.31. The number of hydrogen-bond donors (Lipinski definition) is 0. The van der Waals surface area contributed by atoms with E-state index in [-0.39, 0.29) is 0 Å². The lowest BCUT2D eigenvalue weighted by atomic mass is 9.94. The minimum absolute atomic E-state index is 0.304. The van der Waals surface area contributed by atoms with E-state index in [4.69, 9.17) is 4.74 Å². The first-order valence-electron chi connectivity index (χ1n) is 9.80. The average Bonchev–Trinajstić information content (AvgIpc) is 2.85. The van der Waals surface area contributed by atoms with E-state index in [9.17, 15) is 4.79 Å².